The first-order chi connectivity index (χ1) is 6.04. The van der Waals surface area contributed by atoms with Crippen molar-refractivity contribution in [3.8, 4) is 0 Å². The third kappa shape index (κ3) is 2.64. The van der Waals surface area contributed by atoms with Crippen molar-refractivity contribution in [1.29, 1.82) is 0 Å². The minimum Gasteiger partial charge on any atom is -0.391 e. The average molecular weight is 224 g/mol. The van der Waals surface area contributed by atoms with E-state index >= 15 is 0 Å². The maximum atomic E-state index is 13.0. The Hall–Kier alpha value is -0.710. The van der Waals surface area contributed by atoms with Crippen LogP contribution in [0.15, 0.2) is 18.2 Å². The molecule has 14 heavy (non-hydrogen) atoms. The van der Waals surface area contributed by atoms with Crippen molar-refractivity contribution < 1.29 is 13.9 Å². The van der Waals surface area contributed by atoms with Crippen LogP contribution in [0.4, 0.5) is 8.78 Å². The molecule has 0 bridgehead atoms. The number of halogens is 3. The highest BCUT2D eigenvalue weighted by atomic mass is 35.5. The standard InChI is InChI=1S/C9H11F2NO.ClH/c1-5(13)9(12)8-6(10)3-2-4-7(8)11;/h2-5,9,13H,12H2,1H3;1H/t5-,9-;/m1./s1. The van der Waals surface area contributed by atoms with Crippen molar-refractivity contribution in [2.75, 3.05) is 0 Å². The third-order valence-corrected chi connectivity index (χ3v) is 1.85. The van der Waals surface area contributed by atoms with E-state index in [1.807, 2.05) is 0 Å². The van der Waals surface area contributed by atoms with E-state index in [4.69, 9.17) is 10.8 Å². The molecule has 3 N–H and O–H groups in total. The zero-order valence-corrected chi connectivity index (χ0v) is 8.39. The second-order valence-corrected chi connectivity index (χ2v) is 2.90. The molecule has 80 valence electrons. The minimum atomic E-state index is -1.03. The monoisotopic (exact) mass is 223 g/mol. The van der Waals surface area contributed by atoms with Gasteiger partial charge in [-0.1, -0.05) is 6.07 Å². The van der Waals surface area contributed by atoms with Crippen LogP contribution >= 0.6 is 12.4 Å². The summed E-state index contributed by atoms with van der Waals surface area (Å²) >= 11 is 0. The molecule has 0 aliphatic rings. The zero-order chi connectivity index (χ0) is 10.0. The zero-order valence-electron chi connectivity index (χ0n) is 7.58. The number of aliphatic hydroxyl groups is 1. The van der Waals surface area contributed by atoms with Gasteiger partial charge in [-0.15, -0.1) is 12.4 Å². The Morgan fingerprint density at radius 3 is 2.07 bits per heavy atom. The summed E-state index contributed by atoms with van der Waals surface area (Å²) in [6.45, 7) is 1.39. The normalized spacial score (nSPS) is 14.4. The molecule has 0 aliphatic heterocycles. The van der Waals surface area contributed by atoms with Crippen LogP contribution in [0.25, 0.3) is 0 Å². The molecular weight excluding hydrogens is 212 g/mol. The van der Waals surface area contributed by atoms with Gasteiger partial charge in [-0.3, -0.25) is 0 Å². The first kappa shape index (κ1) is 13.3. The Labute approximate surface area is 87.1 Å². The van der Waals surface area contributed by atoms with Crippen molar-refractivity contribution >= 4 is 12.4 Å². The van der Waals surface area contributed by atoms with Crippen LogP contribution in [0.5, 0.6) is 0 Å². The fourth-order valence-electron chi connectivity index (χ4n) is 1.07. The van der Waals surface area contributed by atoms with Crippen LogP contribution < -0.4 is 5.73 Å². The largest absolute Gasteiger partial charge is 0.391 e. The van der Waals surface area contributed by atoms with Crippen molar-refractivity contribution in [2.45, 2.75) is 19.1 Å². The summed E-state index contributed by atoms with van der Waals surface area (Å²) in [7, 11) is 0. The van der Waals surface area contributed by atoms with Gasteiger partial charge in [-0.25, -0.2) is 8.78 Å². The lowest BCUT2D eigenvalue weighted by Gasteiger charge is -2.16. The van der Waals surface area contributed by atoms with Crippen molar-refractivity contribution in [3.05, 3.63) is 35.4 Å². The van der Waals surface area contributed by atoms with Gasteiger partial charge in [0.25, 0.3) is 0 Å². The maximum absolute atomic E-state index is 13.0. The van der Waals surface area contributed by atoms with Crippen LogP contribution in [-0.2, 0) is 0 Å². The van der Waals surface area contributed by atoms with Gasteiger partial charge in [0, 0.05) is 5.56 Å². The van der Waals surface area contributed by atoms with E-state index in [-0.39, 0.29) is 18.0 Å². The van der Waals surface area contributed by atoms with Gasteiger partial charge in [0.2, 0.25) is 0 Å². The molecule has 1 rings (SSSR count). The van der Waals surface area contributed by atoms with Crippen LogP contribution in [0.2, 0.25) is 0 Å². The Balaban J connectivity index is 0.00000169. The number of rotatable bonds is 2. The molecule has 0 saturated heterocycles. The number of hydrogen-bond acceptors (Lipinski definition) is 2. The van der Waals surface area contributed by atoms with E-state index in [9.17, 15) is 8.78 Å². The van der Waals surface area contributed by atoms with E-state index in [0.717, 1.165) is 12.1 Å². The van der Waals surface area contributed by atoms with Crippen LogP contribution in [0, 0.1) is 11.6 Å². The number of hydrogen-bond donors (Lipinski definition) is 2. The fourth-order valence-corrected chi connectivity index (χ4v) is 1.07. The molecule has 2 atom stereocenters. The van der Waals surface area contributed by atoms with Crippen molar-refractivity contribution in [1.82, 2.24) is 0 Å². The molecule has 0 aliphatic carbocycles. The Morgan fingerprint density at radius 2 is 1.71 bits per heavy atom. The summed E-state index contributed by atoms with van der Waals surface area (Å²) in [5, 5.41) is 9.06. The predicted molar refractivity (Wildman–Crippen MR) is 52.2 cm³/mol. The van der Waals surface area contributed by atoms with E-state index in [1.165, 1.54) is 13.0 Å². The molecule has 1 aromatic rings. The summed E-state index contributed by atoms with van der Waals surface area (Å²) in [6.07, 6.45) is -0.980. The van der Waals surface area contributed by atoms with E-state index in [2.05, 4.69) is 0 Å². The molecule has 5 heteroatoms. The van der Waals surface area contributed by atoms with Crippen molar-refractivity contribution in [3.63, 3.8) is 0 Å². The summed E-state index contributed by atoms with van der Waals surface area (Å²) in [5.41, 5.74) is 5.14. The lowest BCUT2D eigenvalue weighted by atomic mass is 10.0. The molecule has 1 aromatic carbocycles. The Kier molecular flexibility index (Phi) is 4.97. The summed E-state index contributed by atoms with van der Waals surface area (Å²) in [4.78, 5) is 0. The molecule has 0 heterocycles. The van der Waals surface area contributed by atoms with Crippen molar-refractivity contribution in [2.24, 2.45) is 5.73 Å². The SMILES string of the molecule is C[C@@H](O)[C@@H](N)c1c(F)cccc1F.Cl. The molecule has 2 nitrogen and oxygen atoms in total. The molecule has 0 saturated carbocycles. The lowest BCUT2D eigenvalue weighted by Crippen LogP contribution is -2.25. The van der Waals surface area contributed by atoms with Gasteiger partial charge in [0.05, 0.1) is 12.1 Å². The number of benzene rings is 1. The maximum Gasteiger partial charge on any atom is 0.131 e. The quantitative estimate of drug-likeness (QED) is 0.803. The molecular formula is C9H12ClF2NO. The number of aliphatic hydroxyl groups excluding tert-OH is 1. The van der Waals surface area contributed by atoms with Crippen LogP contribution in [-0.4, -0.2) is 11.2 Å². The lowest BCUT2D eigenvalue weighted by molar-refractivity contribution is 0.160. The second-order valence-electron chi connectivity index (χ2n) is 2.90. The van der Waals surface area contributed by atoms with Gasteiger partial charge in [0.15, 0.2) is 0 Å². The minimum absolute atomic E-state index is 0. The summed E-state index contributed by atoms with van der Waals surface area (Å²) in [5.74, 6) is -1.46. The first-order valence-electron chi connectivity index (χ1n) is 3.91. The molecule has 0 aromatic heterocycles. The topological polar surface area (TPSA) is 46.2 Å². The Bertz CT molecular complexity index is 287. The fraction of sp³-hybridized carbons (Fsp3) is 0.333. The molecule has 0 fully saturated rings. The average Bonchev–Trinajstić information content (AvgIpc) is 2.03. The summed E-state index contributed by atoms with van der Waals surface area (Å²) < 4.78 is 26.1. The highest BCUT2D eigenvalue weighted by Gasteiger charge is 2.19. The highest BCUT2D eigenvalue weighted by molar-refractivity contribution is 5.85. The van der Waals surface area contributed by atoms with Gasteiger partial charge < -0.3 is 10.8 Å². The third-order valence-electron chi connectivity index (χ3n) is 1.85. The Morgan fingerprint density at radius 1 is 1.29 bits per heavy atom. The molecule has 0 unspecified atom stereocenters. The van der Waals surface area contributed by atoms with Gasteiger partial charge >= 0.3 is 0 Å². The molecule has 0 spiro atoms. The van der Waals surface area contributed by atoms with Crippen LogP contribution in [0.1, 0.15) is 18.5 Å². The predicted octanol–water partition coefficient (Wildman–Crippen LogP) is 1.77. The molecule has 0 radical (unpaired) electrons. The van der Waals surface area contributed by atoms with Gasteiger partial charge in [-0.2, -0.15) is 0 Å². The smallest absolute Gasteiger partial charge is 0.131 e. The van der Waals surface area contributed by atoms with Gasteiger partial charge in [-0.05, 0) is 19.1 Å². The van der Waals surface area contributed by atoms with E-state index in [1.54, 1.807) is 0 Å². The number of nitrogens with two attached hydrogens (primary N) is 1. The highest BCUT2D eigenvalue weighted by Crippen LogP contribution is 2.20. The second kappa shape index (κ2) is 5.24. The van der Waals surface area contributed by atoms with Crippen LogP contribution in [0.3, 0.4) is 0 Å². The van der Waals surface area contributed by atoms with E-state index in [0.29, 0.717) is 0 Å². The van der Waals surface area contributed by atoms with E-state index < -0.39 is 23.8 Å². The molecule has 0 amide bonds. The first-order valence-corrected chi connectivity index (χ1v) is 3.91. The van der Waals surface area contributed by atoms with Gasteiger partial charge in [0.1, 0.15) is 11.6 Å². The summed E-state index contributed by atoms with van der Waals surface area (Å²) in [6, 6.07) is 2.45.